The molecule has 4 nitrogen and oxygen atoms in total. The first kappa shape index (κ1) is 16.4. The topological polar surface area (TPSA) is 44.8 Å². The van der Waals surface area contributed by atoms with Gasteiger partial charge in [-0.2, -0.15) is 0 Å². The number of hydrogen-bond acceptors (Lipinski definition) is 4. The summed E-state index contributed by atoms with van der Waals surface area (Å²) < 4.78 is 16.2. The highest BCUT2D eigenvalue weighted by Gasteiger charge is 2.28. The van der Waals surface area contributed by atoms with Crippen molar-refractivity contribution in [3.8, 4) is 0 Å². The van der Waals surface area contributed by atoms with Crippen LogP contribution in [0.25, 0.3) is 0 Å². The summed E-state index contributed by atoms with van der Waals surface area (Å²) in [6, 6.07) is 0. The molecule has 0 spiro atoms. The van der Waals surface area contributed by atoms with E-state index < -0.39 is 5.41 Å². The molecule has 0 N–H and O–H groups in total. The van der Waals surface area contributed by atoms with Crippen LogP contribution in [0.4, 0.5) is 0 Å². The predicted molar refractivity (Wildman–Crippen MR) is 73.8 cm³/mol. The Labute approximate surface area is 116 Å². The van der Waals surface area contributed by atoms with Crippen LogP contribution in [-0.2, 0) is 19.0 Å². The normalized spacial score (nSPS) is 20.3. The molecule has 0 aromatic heterocycles. The minimum atomic E-state index is -0.392. The Hall–Kier alpha value is -0.610. The van der Waals surface area contributed by atoms with Crippen LogP contribution in [0, 0.1) is 5.41 Å². The molecule has 0 aliphatic carbocycles. The lowest BCUT2D eigenvalue weighted by Gasteiger charge is -2.24. The first-order valence-corrected chi connectivity index (χ1v) is 7.46. The Bertz CT molecular complexity index is 257. The lowest BCUT2D eigenvalue weighted by molar-refractivity contribution is -0.163. The van der Waals surface area contributed by atoms with Crippen LogP contribution in [0.15, 0.2) is 0 Å². The summed E-state index contributed by atoms with van der Waals surface area (Å²) in [6.07, 6.45) is 6.11. The minimum absolute atomic E-state index is 0.00758. The second-order valence-corrected chi connectivity index (χ2v) is 5.73. The largest absolute Gasteiger partial charge is 0.466 e. The highest BCUT2D eigenvalue weighted by molar-refractivity contribution is 5.75. The maximum atomic E-state index is 11.7. The molecular formula is C15H28O4. The van der Waals surface area contributed by atoms with E-state index in [4.69, 9.17) is 14.2 Å². The molecule has 19 heavy (non-hydrogen) atoms. The Balaban J connectivity index is 2.07. The number of esters is 1. The van der Waals surface area contributed by atoms with Crippen molar-refractivity contribution in [2.24, 2.45) is 5.41 Å². The van der Waals surface area contributed by atoms with Crippen molar-refractivity contribution < 1.29 is 19.0 Å². The molecule has 4 heteroatoms. The summed E-state index contributed by atoms with van der Waals surface area (Å²) in [5.41, 5.74) is -0.392. The molecule has 0 aromatic carbocycles. The summed E-state index contributed by atoms with van der Waals surface area (Å²) in [4.78, 5) is 11.7. The molecule has 1 heterocycles. The maximum Gasteiger partial charge on any atom is 0.311 e. The van der Waals surface area contributed by atoms with Gasteiger partial charge in [0, 0.05) is 13.2 Å². The Morgan fingerprint density at radius 1 is 1.32 bits per heavy atom. The van der Waals surface area contributed by atoms with E-state index >= 15 is 0 Å². The van der Waals surface area contributed by atoms with Gasteiger partial charge in [0.1, 0.15) is 0 Å². The fraction of sp³-hybridized carbons (Fsp3) is 0.933. The lowest BCUT2D eigenvalue weighted by atomic mass is 9.87. The zero-order chi connectivity index (χ0) is 14.1. The van der Waals surface area contributed by atoms with Crippen LogP contribution < -0.4 is 0 Å². The molecule has 1 aliphatic heterocycles. The zero-order valence-electron chi connectivity index (χ0n) is 12.6. The number of carbonyl (C=O) groups excluding carboxylic acids is 1. The molecule has 1 atom stereocenters. The van der Waals surface area contributed by atoms with Crippen molar-refractivity contribution in [2.45, 2.75) is 65.6 Å². The quantitative estimate of drug-likeness (QED) is 0.502. The van der Waals surface area contributed by atoms with E-state index in [0.717, 1.165) is 38.7 Å². The number of unbranched alkanes of at least 4 members (excludes halogenated alkanes) is 1. The van der Waals surface area contributed by atoms with Crippen molar-refractivity contribution >= 4 is 5.97 Å². The van der Waals surface area contributed by atoms with Gasteiger partial charge in [-0.25, -0.2) is 0 Å². The number of hydrogen-bond donors (Lipinski definition) is 0. The molecule has 0 radical (unpaired) electrons. The van der Waals surface area contributed by atoms with Crippen LogP contribution in [0.3, 0.4) is 0 Å². The summed E-state index contributed by atoms with van der Waals surface area (Å²) in [7, 11) is 0. The third kappa shape index (κ3) is 6.39. The molecule has 1 aliphatic rings. The van der Waals surface area contributed by atoms with E-state index in [0.29, 0.717) is 13.2 Å². The highest BCUT2D eigenvalue weighted by Crippen LogP contribution is 2.25. The van der Waals surface area contributed by atoms with E-state index in [1.165, 1.54) is 6.42 Å². The Morgan fingerprint density at radius 2 is 2.11 bits per heavy atom. The zero-order valence-corrected chi connectivity index (χ0v) is 12.6. The third-order valence-electron chi connectivity index (χ3n) is 3.47. The third-order valence-corrected chi connectivity index (χ3v) is 3.47. The van der Waals surface area contributed by atoms with Crippen LogP contribution >= 0.6 is 0 Å². The average Bonchev–Trinajstić information content (AvgIpc) is 2.39. The van der Waals surface area contributed by atoms with Crippen LogP contribution in [0.2, 0.25) is 0 Å². The number of carbonyl (C=O) groups is 1. The molecular weight excluding hydrogens is 244 g/mol. The minimum Gasteiger partial charge on any atom is -0.466 e. The average molecular weight is 272 g/mol. The summed E-state index contributed by atoms with van der Waals surface area (Å²) in [6.45, 7) is 7.70. The Morgan fingerprint density at radius 3 is 2.74 bits per heavy atom. The predicted octanol–water partition coefficient (Wildman–Crippen LogP) is 3.29. The van der Waals surface area contributed by atoms with Gasteiger partial charge in [0.15, 0.2) is 6.29 Å². The van der Waals surface area contributed by atoms with Gasteiger partial charge in [-0.1, -0.05) is 6.42 Å². The van der Waals surface area contributed by atoms with Crippen LogP contribution in [-0.4, -0.2) is 32.1 Å². The summed E-state index contributed by atoms with van der Waals surface area (Å²) in [5, 5.41) is 0. The molecule has 1 unspecified atom stereocenters. The van der Waals surface area contributed by atoms with Crippen molar-refractivity contribution in [1.29, 1.82) is 0 Å². The van der Waals surface area contributed by atoms with Crippen molar-refractivity contribution in [2.75, 3.05) is 19.8 Å². The second kappa shape index (κ2) is 8.54. The number of ether oxygens (including phenoxy) is 3. The van der Waals surface area contributed by atoms with Gasteiger partial charge in [-0.15, -0.1) is 0 Å². The van der Waals surface area contributed by atoms with Crippen LogP contribution in [0.5, 0.6) is 0 Å². The fourth-order valence-corrected chi connectivity index (χ4v) is 2.15. The lowest BCUT2D eigenvalue weighted by Crippen LogP contribution is -2.27. The van der Waals surface area contributed by atoms with E-state index in [-0.39, 0.29) is 12.3 Å². The van der Waals surface area contributed by atoms with E-state index in [1.54, 1.807) is 0 Å². The monoisotopic (exact) mass is 272 g/mol. The van der Waals surface area contributed by atoms with Crippen LogP contribution in [0.1, 0.15) is 59.3 Å². The number of rotatable bonds is 8. The van der Waals surface area contributed by atoms with E-state index in [1.807, 2.05) is 20.8 Å². The molecule has 112 valence electrons. The highest BCUT2D eigenvalue weighted by atomic mass is 16.7. The molecule has 0 saturated carbocycles. The summed E-state index contributed by atoms with van der Waals surface area (Å²) in [5.74, 6) is -0.105. The van der Waals surface area contributed by atoms with Crippen molar-refractivity contribution in [1.82, 2.24) is 0 Å². The smallest absolute Gasteiger partial charge is 0.311 e. The maximum absolute atomic E-state index is 11.7. The first-order chi connectivity index (χ1) is 9.06. The molecule has 1 rings (SSSR count). The molecule has 0 amide bonds. The molecule has 1 saturated heterocycles. The molecule has 1 fully saturated rings. The van der Waals surface area contributed by atoms with Gasteiger partial charge in [0.25, 0.3) is 0 Å². The molecule has 0 bridgehead atoms. The fourth-order valence-electron chi connectivity index (χ4n) is 2.15. The Kier molecular flexibility index (Phi) is 7.39. The summed E-state index contributed by atoms with van der Waals surface area (Å²) >= 11 is 0. The second-order valence-electron chi connectivity index (χ2n) is 5.73. The van der Waals surface area contributed by atoms with Crippen molar-refractivity contribution in [3.63, 3.8) is 0 Å². The van der Waals surface area contributed by atoms with E-state index in [2.05, 4.69) is 0 Å². The van der Waals surface area contributed by atoms with Gasteiger partial charge < -0.3 is 14.2 Å². The van der Waals surface area contributed by atoms with Gasteiger partial charge in [-0.05, 0) is 52.9 Å². The van der Waals surface area contributed by atoms with Gasteiger partial charge in [-0.3, -0.25) is 4.79 Å². The van der Waals surface area contributed by atoms with Crippen molar-refractivity contribution in [3.05, 3.63) is 0 Å². The molecule has 0 aromatic rings. The van der Waals surface area contributed by atoms with Gasteiger partial charge in [0.05, 0.1) is 12.0 Å². The van der Waals surface area contributed by atoms with E-state index in [9.17, 15) is 4.79 Å². The van der Waals surface area contributed by atoms with Gasteiger partial charge >= 0.3 is 5.97 Å². The van der Waals surface area contributed by atoms with Gasteiger partial charge in [0.2, 0.25) is 0 Å². The standard InChI is InChI=1S/C15H28O4/c1-4-17-14(16)15(2,3)10-6-8-12-19-13-9-5-7-11-18-13/h13H,4-12H2,1-3H3. The SMILES string of the molecule is CCOC(=O)C(C)(C)CCCCOC1CCCCO1. The first-order valence-electron chi connectivity index (χ1n) is 7.46.